The highest BCUT2D eigenvalue weighted by Gasteiger charge is 2.59. The molecule has 0 aromatic heterocycles. The largest absolute Gasteiger partial charge is 0.463 e. The molecule has 0 aromatic rings. The lowest BCUT2D eigenvalue weighted by atomic mass is 9.47. The summed E-state index contributed by atoms with van der Waals surface area (Å²) in [6.07, 6.45) is 16.4. The van der Waals surface area contributed by atoms with E-state index < -0.39 is 0 Å². The minimum atomic E-state index is -0.371. The third kappa shape index (κ3) is 7.07. The molecule has 3 fully saturated rings. The molecule has 0 spiro atoms. The zero-order valence-electron chi connectivity index (χ0n) is 27.3. The van der Waals surface area contributed by atoms with Gasteiger partial charge in [-0.3, -0.25) is 9.59 Å². The van der Waals surface area contributed by atoms with Crippen LogP contribution in [0.25, 0.3) is 0 Å². The lowest BCUT2D eigenvalue weighted by Crippen LogP contribution is -2.51. The molecule has 41 heavy (non-hydrogen) atoms. The normalized spacial score (nSPS) is 36.0. The molecule has 4 aliphatic carbocycles. The molecule has 0 aromatic carbocycles. The maximum absolute atomic E-state index is 12.5. The minimum Gasteiger partial charge on any atom is -0.463 e. The molecular formula is C36H60O5. The van der Waals surface area contributed by atoms with E-state index in [4.69, 9.17) is 14.2 Å². The predicted octanol–water partition coefficient (Wildman–Crippen LogP) is 8.55. The third-order valence-electron chi connectivity index (χ3n) is 12.7. The molecule has 0 bridgehead atoms. The molecule has 3 saturated carbocycles. The number of hydrogen-bond acceptors (Lipinski definition) is 5. The van der Waals surface area contributed by atoms with Crippen LogP contribution in [0.5, 0.6) is 0 Å². The molecule has 0 radical (unpaired) electrons. The zero-order valence-corrected chi connectivity index (χ0v) is 27.3. The van der Waals surface area contributed by atoms with Crippen molar-refractivity contribution in [1.82, 2.24) is 0 Å². The topological polar surface area (TPSA) is 61.8 Å². The Morgan fingerprint density at radius 1 is 0.951 bits per heavy atom. The summed E-state index contributed by atoms with van der Waals surface area (Å²) in [5, 5.41) is 0. The van der Waals surface area contributed by atoms with E-state index in [1.165, 1.54) is 56.9 Å². The summed E-state index contributed by atoms with van der Waals surface area (Å²) in [5.41, 5.74) is 2.28. The van der Waals surface area contributed by atoms with Crippen LogP contribution in [0.3, 0.4) is 0 Å². The average Bonchev–Trinajstić information content (AvgIpc) is 3.29. The quantitative estimate of drug-likeness (QED) is 0.126. The summed E-state index contributed by atoms with van der Waals surface area (Å²) in [5.74, 6) is 5.15. The van der Waals surface area contributed by atoms with E-state index in [2.05, 4.69) is 47.6 Å². The Kier molecular flexibility index (Phi) is 11.1. The Labute approximate surface area is 250 Å². The van der Waals surface area contributed by atoms with Gasteiger partial charge in [-0.05, 0) is 104 Å². The van der Waals surface area contributed by atoms with Crippen molar-refractivity contribution in [2.24, 2.45) is 52.3 Å². The number of methoxy groups -OCH3 is 1. The molecule has 234 valence electrons. The smallest absolute Gasteiger partial charge is 0.306 e. The molecular weight excluding hydrogens is 512 g/mol. The Balaban J connectivity index is 1.33. The van der Waals surface area contributed by atoms with Gasteiger partial charge in [-0.25, -0.2) is 0 Å². The maximum Gasteiger partial charge on any atom is 0.306 e. The van der Waals surface area contributed by atoms with E-state index in [0.29, 0.717) is 12.0 Å². The van der Waals surface area contributed by atoms with E-state index in [-0.39, 0.29) is 42.9 Å². The fourth-order valence-electron chi connectivity index (χ4n) is 10.2. The first-order chi connectivity index (χ1) is 19.5. The summed E-state index contributed by atoms with van der Waals surface area (Å²) < 4.78 is 15.8. The van der Waals surface area contributed by atoms with Crippen molar-refractivity contribution in [2.45, 2.75) is 131 Å². The van der Waals surface area contributed by atoms with Crippen molar-refractivity contribution in [3.63, 3.8) is 0 Å². The van der Waals surface area contributed by atoms with Crippen LogP contribution in [0.15, 0.2) is 11.6 Å². The number of fused-ring (bicyclic) bond motifs is 5. The highest BCUT2D eigenvalue weighted by atomic mass is 16.6. The van der Waals surface area contributed by atoms with Crippen LogP contribution in [0.1, 0.15) is 125 Å². The molecule has 4 rings (SSSR count). The van der Waals surface area contributed by atoms with Gasteiger partial charge in [0.1, 0.15) is 12.7 Å². The standard InChI is InChI=1S/C36H60O5/c1-8-26(24(2)3)10-9-25(4)30-13-14-31-29-12-11-27-23-28(41-34(38)16-15-33(37)40-22-21-39-7)17-19-35(27,5)32(29)18-20-36(30,31)6/h11,24-26,28-32H,8-10,12-23H2,1-7H3/t25-,26-,28?,29?,30-,31+,32?,35-,36-/m0/s1. The first-order valence-electron chi connectivity index (χ1n) is 17.1. The average molecular weight is 573 g/mol. The van der Waals surface area contributed by atoms with E-state index in [1.807, 2.05) is 0 Å². The molecule has 0 N–H and O–H groups in total. The Morgan fingerprint density at radius 2 is 1.71 bits per heavy atom. The van der Waals surface area contributed by atoms with Crippen LogP contribution in [-0.2, 0) is 23.8 Å². The molecule has 0 amide bonds. The van der Waals surface area contributed by atoms with Crippen LogP contribution >= 0.6 is 0 Å². The van der Waals surface area contributed by atoms with Gasteiger partial charge in [0.15, 0.2) is 0 Å². The van der Waals surface area contributed by atoms with Crippen LogP contribution in [-0.4, -0.2) is 38.4 Å². The number of hydrogen-bond donors (Lipinski definition) is 0. The highest BCUT2D eigenvalue weighted by Crippen LogP contribution is 2.67. The molecule has 4 aliphatic rings. The summed E-state index contributed by atoms with van der Waals surface area (Å²) in [6, 6.07) is 0. The molecule has 5 nitrogen and oxygen atoms in total. The van der Waals surface area contributed by atoms with Gasteiger partial charge in [-0.2, -0.15) is 0 Å². The van der Waals surface area contributed by atoms with Crippen molar-refractivity contribution in [3.05, 3.63) is 11.6 Å². The van der Waals surface area contributed by atoms with Gasteiger partial charge >= 0.3 is 11.9 Å². The van der Waals surface area contributed by atoms with Gasteiger partial charge in [-0.15, -0.1) is 0 Å². The van der Waals surface area contributed by atoms with Crippen LogP contribution < -0.4 is 0 Å². The molecule has 9 atom stereocenters. The first-order valence-corrected chi connectivity index (χ1v) is 17.1. The van der Waals surface area contributed by atoms with Gasteiger partial charge in [-0.1, -0.05) is 66.0 Å². The summed E-state index contributed by atoms with van der Waals surface area (Å²) in [7, 11) is 1.57. The van der Waals surface area contributed by atoms with Gasteiger partial charge in [0.2, 0.25) is 0 Å². The lowest BCUT2D eigenvalue weighted by molar-refractivity contribution is -0.155. The van der Waals surface area contributed by atoms with Crippen molar-refractivity contribution >= 4 is 11.9 Å². The monoisotopic (exact) mass is 572 g/mol. The van der Waals surface area contributed by atoms with E-state index >= 15 is 0 Å². The number of carbonyl (C=O) groups excluding carboxylic acids is 2. The van der Waals surface area contributed by atoms with Crippen molar-refractivity contribution in [3.8, 4) is 0 Å². The molecule has 3 unspecified atom stereocenters. The third-order valence-corrected chi connectivity index (χ3v) is 12.7. The number of carbonyl (C=O) groups is 2. The second kappa shape index (κ2) is 14.0. The second-order valence-electron chi connectivity index (χ2n) is 15.0. The van der Waals surface area contributed by atoms with Gasteiger partial charge < -0.3 is 14.2 Å². The van der Waals surface area contributed by atoms with Gasteiger partial charge in [0.25, 0.3) is 0 Å². The maximum atomic E-state index is 12.5. The van der Waals surface area contributed by atoms with E-state index in [1.54, 1.807) is 7.11 Å². The fourth-order valence-corrected chi connectivity index (χ4v) is 10.2. The lowest BCUT2D eigenvalue weighted by Gasteiger charge is -2.58. The van der Waals surface area contributed by atoms with Crippen LogP contribution in [0.4, 0.5) is 0 Å². The van der Waals surface area contributed by atoms with E-state index in [9.17, 15) is 9.59 Å². The number of esters is 2. The van der Waals surface area contributed by atoms with Crippen molar-refractivity contribution < 1.29 is 23.8 Å². The predicted molar refractivity (Wildman–Crippen MR) is 164 cm³/mol. The zero-order chi connectivity index (χ0) is 29.8. The van der Waals surface area contributed by atoms with Gasteiger partial charge in [0.05, 0.1) is 19.4 Å². The first kappa shape index (κ1) is 32.6. The minimum absolute atomic E-state index is 0.0637. The molecule has 0 saturated heterocycles. The summed E-state index contributed by atoms with van der Waals surface area (Å²) in [6.45, 7) is 15.5. The molecule has 0 heterocycles. The fraction of sp³-hybridized carbons (Fsp3) is 0.889. The molecule has 0 aliphatic heterocycles. The van der Waals surface area contributed by atoms with Gasteiger partial charge in [0, 0.05) is 13.5 Å². The van der Waals surface area contributed by atoms with E-state index in [0.717, 1.165) is 60.7 Å². The Hall–Kier alpha value is -1.36. The number of ether oxygens (including phenoxy) is 3. The second-order valence-corrected chi connectivity index (χ2v) is 15.0. The Bertz CT molecular complexity index is 925. The highest BCUT2D eigenvalue weighted by molar-refractivity contribution is 5.77. The van der Waals surface area contributed by atoms with Crippen molar-refractivity contribution in [1.29, 1.82) is 0 Å². The summed E-state index contributed by atoms with van der Waals surface area (Å²) >= 11 is 0. The van der Waals surface area contributed by atoms with Crippen LogP contribution in [0, 0.1) is 52.3 Å². The van der Waals surface area contributed by atoms with Crippen molar-refractivity contribution in [2.75, 3.05) is 20.3 Å². The number of rotatable bonds is 13. The Morgan fingerprint density at radius 3 is 2.41 bits per heavy atom. The summed E-state index contributed by atoms with van der Waals surface area (Å²) in [4.78, 5) is 24.4. The number of allylic oxidation sites excluding steroid dienone is 1. The SMILES string of the molecule is CC[C@@H](CC[C@H](C)[C@@H]1CC[C@@H]2C3CC=C4CC(OC(=O)CCC(=O)OCCOC)CC[C@]4(C)C3CC[C@]21C)C(C)C. The van der Waals surface area contributed by atoms with Crippen LogP contribution in [0.2, 0.25) is 0 Å². The molecule has 5 heteroatoms.